The summed E-state index contributed by atoms with van der Waals surface area (Å²) < 4.78 is 0. The molecule has 2 aromatic carbocycles. The van der Waals surface area contributed by atoms with Crippen LogP contribution in [-0.4, -0.2) is 34.9 Å². The summed E-state index contributed by atoms with van der Waals surface area (Å²) in [7, 11) is 0. The number of fused-ring (bicyclic) bond motifs is 5. The van der Waals surface area contributed by atoms with Gasteiger partial charge in [0.25, 0.3) is 0 Å². The lowest BCUT2D eigenvalue weighted by atomic mass is 9.83. The van der Waals surface area contributed by atoms with Gasteiger partial charge in [-0.1, -0.05) is 35.9 Å². The third-order valence-electron chi connectivity index (χ3n) is 5.53. The molecule has 0 aromatic heterocycles. The number of nitrogens with zero attached hydrogens (tertiary/aromatic N) is 2. The van der Waals surface area contributed by atoms with Gasteiger partial charge in [0.2, 0.25) is 11.8 Å². The number of halogens is 1. The smallest absolute Gasteiger partial charge is 0.233 e. The Balaban J connectivity index is 1.64. The topological polar surface area (TPSA) is 78.8 Å². The van der Waals surface area contributed by atoms with Crippen LogP contribution in [-0.2, 0) is 9.59 Å². The van der Waals surface area contributed by atoms with Crippen LogP contribution in [0.15, 0.2) is 53.6 Å². The summed E-state index contributed by atoms with van der Waals surface area (Å²) in [6.45, 7) is 0. The predicted molar refractivity (Wildman–Crippen MR) is 98.3 cm³/mol. The number of carbonyl (C=O) groups is 3. The molecule has 7 heteroatoms. The average Bonchev–Trinajstić information content (AvgIpc) is 3.17. The second-order valence-electron chi connectivity index (χ2n) is 6.92. The number of imide groups is 1. The Kier molecular flexibility index (Phi) is 3.45. The van der Waals surface area contributed by atoms with Crippen molar-refractivity contribution in [2.45, 2.75) is 12.1 Å². The minimum Gasteiger partial charge on any atom is -0.296 e. The van der Waals surface area contributed by atoms with Crippen molar-refractivity contribution in [3.8, 4) is 0 Å². The Morgan fingerprint density at radius 3 is 2.48 bits per heavy atom. The van der Waals surface area contributed by atoms with Crippen LogP contribution in [0.2, 0.25) is 5.02 Å². The first-order valence-electron chi connectivity index (χ1n) is 8.62. The minimum absolute atomic E-state index is 0.245. The Labute approximate surface area is 159 Å². The van der Waals surface area contributed by atoms with E-state index >= 15 is 0 Å². The van der Waals surface area contributed by atoms with Gasteiger partial charge in [0, 0.05) is 10.6 Å². The van der Waals surface area contributed by atoms with Gasteiger partial charge in [0.1, 0.15) is 6.04 Å². The van der Waals surface area contributed by atoms with E-state index in [0.29, 0.717) is 10.6 Å². The van der Waals surface area contributed by atoms with Crippen LogP contribution in [0.3, 0.4) is 0 Å². The molecule has 3 aliphatic rings. The van der Waals surface area contributed by atoms with E-state index in [-0.39, 0.29) is 11.7 Å². The molecule has 0 saturated carbocycles. The normalized spacial score (nSPS) is 27.8. The maximum atomic E-state index is 13.3. The summed E-state index contributed by atoms with van der Waals surface area (Å²) in [6, 6.07) is 12.8. The molecular formula is C20H14ClN3O3. The van der Waals surface area contributed by atoms with Gasteiger partial charge in [0.15, 0.2) is 5.78 Å². The monoisotopic (exact) mass is 379 g/mol. The van der Waals surface area contributed by atoms with E-state index in [9.17, 15) is 14.4 Å². The zero-order valence-electron chi connectivity index (χ0n) is 14.0. The number of amides is 2. The molecule has 2 saturated heterocycles. The van der Waals surface area contributed by atoms with Crippen molar-refractivity contribution in [2.75, 3.05) is 0 Å². The molecule has 2 amide bonds. The van der Waals surface area contributed by atoms with Crippen molar-refractivity contribution in [1.29, 1.82) is 0 Å². The molecule has 0 bridgehead atoms. The molecule has 4 atom stereocenters. The van der Waals surface area contributed by atoms with Crippen LogP contribution in [0.4, 0.5) is 0 Å². The summed E-state index contributed by atoms with van der Waals surface area (Å²) in [6.07, 6.45) is 1.68. The quantitative estimate of drug-likeness (QED) is 0.640. The second-order valence-corrected chi connectivity index (χ2v) is 7.36. The molecule has 3 heterocycles. The predicted octanol–water partition coefficient (Wildman–Crippen LogP) is 2.18. The van der Waals surface area contributed by atoms with Crippen LogP contribution in [0, 0.1) is 11.8 Å². The number of rotatable bonds is 2. The summed E-state index contributed by atoms with van der Waals surface area (Å²) in [5.74, 6) is -2.42. The SMILES string of the molecule is O=C1NC(=O)[C@H]2[C@@H]1[C@@H](C(=O)c1ccc(Cl)cc1)N1N=Cc3ccccc3[C@@H]21. The van der Waals surface area contributed by atoms with E-state index in [4.69, 9.17) is 11.6 Å². The molecule has 0 unspecified atom stereocenters. The lowest BCUT2D eigenvalue weighted by Crippen LogP contribution is -2.43. The van der Waals surface area contributed by atoms with Gasteiger partial charge in [-0.15, -0.1) is 0 Å². The lowest BCUT2D eigenvalue weighted by Gasteiger charge is -2.32. The van der Waals surface area contributed by atoms with Crippen molar-refractivity contribution in [2.24, 2.45) is 16.9 Å². The molecule has 27 heavy (non-hydrogen) atoms. The summed E-state index contributed by atoms with van der Waals surface area (Å²) in [5, 5.41) is 9.01. The van der Waals surface area contributed by atoms with Gasteiger partial charge in [-0.2, -0.15) is 5.10 Å². The molecule has 134 valence electrons. The van der Waals surface area contributed by atoms with Crippen molar-refractivity contribution in [1.82, 2.24) is 10.3 Å². The summed E-state index contributed by atoms with van der Waals surface area (Å²) in [5.41, 5.74) is 2.23. The Morgan fingerprint density at radius 1 is 1.00 bits per heavy atom. The van der Waals surface area contributed by atoms with Gasteiger partial charge in [-0.05, 0) is 35.4 Å². The second kappa shape index (κ2) is 5.76. The largest absolute Gasteiger partial charge is 0.296 e. The number of Topliss-reactive ketones (excluding diaryl/α,β-unsaturated/α-hetero) is 1. The zero-order valence-corrected chi connectivity index (χ0v) is 14.8. The van der Waals surface area contributed by atoms with Crippen molar-refractivity contribution in [3.63, 3.8) is 0 Å². The summed E-state index contributed by atoms with van der Waals surface area (Å²) in [4.78, 5) is 38.3. The Bertz CT molecular complexity index is 1020. The highest BCUT2D eigenvalue weighted by atomic mass is 35.5. The molecule has 5 rings (SSSR count). The van der Waals surface area contributed by atoms with E-state index in [1.165, 1.54) is 0 Å². The first kappa shape index (κ1) is 16.2. The van der Waals surface area contributed by atoms with Crippen LogP contribution < -0.4 is 5.32 Å². The number of hydrogen-bond acceptors (Lipinski definition) is 5. The van der Waals surface area contributed by atoms with Crippen LogP contribution in [0.1, 0.15) is 27.5 Å². The minimum atomic E-state index is -0.836. The van der Waals surface area contributed by atoms with Gasteiger partial charge in [0.05, 0.1) is 24.1 Å². The molecule has 0 radical (unpaired) electrons. The first-order valence-corrected chi connectivity index (χ1v) is 9.00. The third kappa shape index (κ3) is 2.26. The molecule has 0 spiro atoms. The lowest BCUT2D eigenvalue weighted by molar-refractivity contribution is -0.127. The number of ketones is 1. The fourth-order valence-electron chi connectivity index (χ4n) is 4.37. The zero-order chi connectivity index (χ0) is 18.7. The third-order valence-corrected chi connectivity index (χ3v) is 5.78. The highest BCUT2D eigenvalue weighted by molar-refractivity contribution is 6.30. The van der Waals surface area contributed by atoms with Gasteiger partial charge >= 0.3 is 0 Å². The maximum absolute atomic E-state index is 13.3. The van der Waals surface area contributed by atoms with Crippen LogP contribution >= 0.6 is 11.6 Å². The number of benzene rings is 2. The average molecular weight is 380 g/mol. The Hall–Kier alpha value is -2.99. The molecule has 2 fully saturated rings. The number of nitrogens with one attached hydrogen (secondary N) is 1. The van der Waals surface area contributed by atoms with E-state index in [1.54, 1.807) is 35.5 Å². The number of hydrogen-bond donors (Lipinski definition) is 1. The van der Waals surface area contributed by atoms with Crippen molar-refractivity contribution >= 4 is 35.4 Å². The molecule has 1 N–H and O–H groups in total. The van der Waals surface area contributed by atoms with E-state index < -0.39 is 29.8 Å². The standard InChI is InChI=1S/C20H14ClN3O3/c21-12-7-5-10(6-8-12)18(25)17-15-14(19(26)23-20(15)27)16-13-4-2-1-3-11(13)9-22-24(16)17/h1-9,14-17H,(H,23,26,27)/t14-,15+,16-,17-/m0/s1. The van der Waals surface area contributed by atoms with Crippen LogP contribution in [0.5, 0.6) is 0 Å². The van der Waals surface area contributed by atoms with E-state index in [0.717, 1.165) is 11.1 Å². The van der Waals surface area contributed by atoms with Crippen molar-refractivity contribution in [3.05, 3.63) is 70.2 Å². The fourth-order valence-corrected chi connectivity index (χ4v) is 4.50. The van der Waals surface area contributed by atoms with Crippen molar-refractivity contribution < 1.29 is 14.4 Å². The molecule has 2 aromatic rings. The van der Waals surface area contributed by atoms with Crippen LogP contribution in [0.25, 0.3) is 0 Å². The maximum Gasteiger partial charge on any atom is 0.233 e. The number of carbonyl (C=O) groups excluding carboxylic acids is 3. The summed E-state index contributed by atoms with van der Waals surface area (Å²) >= 11 is 5.92. The molecule has 6 nitrogen and oxygen atoms in total. The molecule has 3 aliphatic heterocycles. The highest BCUT2D eigenvalue weighted by Crippen LogP contribution is 2.50. The Morgan fingerprint density at radius 2 is 1.70 bits per heavy atom. The van der Waals surface area contributed by atoms with E-state index in [2.05, 4.69) is 10.4 Å². The molecule has 0 aliphatic carbocycles. The molecular weight excluding hydrogens is 366 g/mol. The number of hydrazone groups is 1. The van der Waals surface area contributed by atoms with Gasteiger partial charge in [-0.3, -0.25) is 24.7 Å². The van der Waals surface area contributed by atoms with Gasteiger partial charge in [-0.25, -0.2) is 0 Å². The van der Waals surface area contributed by atoms with Gasteiger partial charge < -0.3 is 0 Å². The fraction of sp³-hybridized carbons (Fsp3) is 0.200. The first-order chi connectivity index (χ1) is 13.1. The van der Waals surface area contributed by atoms with E-state index in [1.807, 2.05) is 24.3 Å². The highest BCUT2D eigenvalue weighted by Gasteiger charge is 2.62.